The number of nitrogens with zero attached hydrogens (tertiary/aromatic N) is 3. The molecule has 0 radical (unpaired) electrons. The highest BCUT2D eigenvalue weighted by Gasteiger charge is 2.35. The summed E-state index contributed by atoms with van der Waals surface area (Å²) >= 11 is 0. The van der Waals surface area contributed by atoms with Gasteiger partial charge in [-0.2, -0.15) is 0 Å². The van der Waals surface area contributed by atoms with Crippen molar-refractivity contribution in [2.24, 2.45) is 0 Å². The van der Waals surface area contributed by atoms with Gasteiger partial charge in [-0.05, 0) is 31.4 Å². The maximum absolute atomic E-state index is 14.1. The van der Waals surface area contributed by atoms with Gasteiger partial charge in [-0.3, -0.25) is 4.79 Å². The number of aromatic nitrogens is 2. The number of nitrogens with one attached hydrogen (secondary N) is 3. The number of carbonyl (C=O) groups is 2. The smallest absolute Gasteiger partial charge is 0.404 e. The lowest BCUT2D eigenvalue weighted by atomic mass is 9.89. The Morgan fingerprint density at radius 2 is 1.90 bits per heavy atom. The molecule has 40 heavy (non-hydrogen) atoms. The van der Waals surface area contributed by atoms with Crippen LogP contribution in [0.3, 0.4) is 0 Å². The van der Waals surface area contributed by atoms with Crippen LogP contribution in [0.2, 0.25) is 0 Å². The van der Waals surface area contributed by atoms with Crippen LogP contribution in [0.15, 0.2) is 54.9 Å². The van der Waals surface area contributed by atoms with Crippen molar-refractivity contribution in [1.29, 1.82) is 0 Å². The van der Waals surface area contributed by atoms with Crippen molar-refractivity contribution in [2.75, 3.05) is 31.5 Å². The van der Waals surface area contributed by atoms with Crippen molar-refractivity contribution in [3.8, 4) is 11.3 Å². The first kappa shape index (κ1) is 27.6. The van der Waals surface area contributed by atoms with Gasteiger partial charge in [0.25, 0.3) is 5.91 Å². The molecule has 1 aromatic heterocycles. The molecule has 3 atom stereocenters. The summed E-state index contributed by atoms with van der Waals surface area (Å²) in [6, 6.07) is 12.4. The van der Waals surface area contributed by atoms with Gasteiger partial charge in [0, 0.05) is 43.9 Å². The van der Waals surface area contributed by atoms with Crippen LogP contribution in [0.5, 0.6) is 0 Å². The Morgan fingerprint density at radius 1 is 1.10 bits per heavy atom. The second kappa shape index (κ2) is 12.5. The predicted octanol–water partition coefficient (Wildman–Crippen LogP) is 4.50. The van der Waals surface area contributed by atoms with Crippen LogP contribution in [0.4, 0.5) is 19.3 Å². The minimum absolute atomic E-state index is 0.164. The molecular formula is C29H34F2N6O3. The van der Waals surface area contributed by atoms with Crippen LogP contribution < -0.4 is 16.0 Å². The summed E-state index contributed by atoms with van der Waals surface area (Å²) in [6.45, 7) is 2.09. The fourth-order valence-electron chi connectivity index (χ4n) is 5.85. The number of amides is 2. The first-order valence-electron chi connectivity index (χ1n) is 13.7. The van der Waals surface area contributed by atoms with E-state index in [1.807, 2.05) is 39.8 Å². The minimum Gasteiger partial charge on any atom is -0.465 e. The van der Waals surface area contributed by atoms with Crippen LogP contribution in [0.1, 0.15) is 48.6 Å². The highest BCUT2D eigenvalue weighted by atomic mass is 19.1. The molecule has 2 aromatic carbocycles. The molecule has 5 rings (SSSR count). The average molecular weight is 553 g/mol. The number of anilines is 1. The minimum atomic E-state index is -1.06. The quantitative estimate of drug-likeness (QED) is 0.328. The Balaban J connectivity index is 1.40. The molecule has 3 aromatic rings. The molecule has 1 aliphatic heterocycles. The normalized spacial score (nSPS) is 21.1. The molecule has 1 aliphatic carbocycles. The van der Waals surface area contributed by atoms with Gasteiger partial charge in [-0.25, -0.2) is 18.6 Å². The van der Waals surface area contributed by atoms with Crippen LogP contribution in [0.25, 0.3) is 11.3 Å². The maximum Gasteiger partial charge on any atom is 0.404 e. The highest BCUT2D eigenvalue weighted by Crippen LogP contribution is 2.35. The van der Waals surface area contributed by atoms with Gasteiger partial charge in [0.1, 0.15) is 11.6 Å². The number of halogens is 2. The van der Waals surface area contributed by atoms with Gasteiger partial charge in [0.2, 0.25) is 0 Å². The Bertz CT molecular complexity index is 1330. The van der Waals surface area contributed by atoms with E-state index in [1.54, 1.807) is 6.33 Å². The van der Waals surface area contributed by atoms with Crippen molar-refractivity contribution in [3.63, 3.8) is 0 Å². The first-order valence-corrected chi connectivity index (χ1v) is 13.7. The number of rotatable bonds is 8. The standard InChI is InChI=1S/C29H34F2N6O3/c30-20-10-11-23(22(31)16-20)33-13-12-21-17-32-14-15-36(21)28(38)26-27(19-6-2-1-3-7-19)37(18-34-26)25-9-5-4-8-24(25)35-29(39)40/h1-3,6-7,10-11,16,18,21,24-25,32-33,35H,4-5,8-9,12-15,17H2,(H,39,40)/t21-,24+,25+/m1/s1. The molecule has 2 aliphatic rings. The number of carbonyl (C=O) groups excluding carboxylic acids is 1. The van der Waals surface area contributed by atoms with E-state index in [0.29, 0.717) is 50.4 Å². The van der Waals surface area contributed by atoms with Crippen LogP contribution in [-0.4, -0.2) is 69.8 Å². The van der Waals surface area contributed by atoms with Crippen molar-refractivity contribution in [3.05, 3.63) is 72.2 Å². The SMILES string of the molecule is O=C(O)N[C@H]1CCCC[C@@H]1n1cnc(C(=O)N2CCNC[C@H]2CCNc2ccc(F)cc2F)c1-c1ccccc1. The van der Waals surface area contributed by atoms with E-state index in [0.717, 1.165) is 30.9 Å². The zero-order chi connectivity index (χ0) is 28.1. The van der Waals surface area contributed by atoms with E-state index >= 15 is 0 Å². The lowest BCUT2D eigenvalue weighted by Gasteiger charge is -2.36. The summed E-state index contributed by atoms with van der Waals surface area (Å²) in [5.74, 6) is -1.50. The Hall–Kier alpha value is -3.99. The molecule has 0 bridgehead atoms. The lowest BCUT2D eigenvalue weighted by molar-refractivity contribution is 0.0624. The molecule has 2 heterocycles. The summed E-state index contributed by atoms with van der Waals surface area (Å²) in [4.78, 5) is 32.0. The molecule has 4 N–H and O–H groups in total. The predicted molar refractivity (Wildman–Crippen MR) is 147 cm³/mol. The fraction of sp³-hybridized carbons (Fsp3) is 0.414. The molecule has 212 valence electrons. The lowest BCUT2D eigenvalue weighted by Crippen LogP contribution is -2.54. The number of imidazole rings is 1. The highest BCUT2D eigenvalue weighted by molar-refractivity contribution is 5.98. The molecular weight excluding hydrogens is 518 g/mol. The summed E-state index contributed by atoms with van der Waals surface area (Å²) in [5.41, 5.74) is 2.06. The molecule has 2 fully saturated rings. The van der Waals surface area contributed by atoms with E-state index < -0.39 is 17.7 Å². The van der Waals surface area contributed by atoms with Crippen LogP contribution >= 0.6 is 0 Å². The third kappa shape index (κ3) is 6.09. The third-order valence-corrected chi connectivity index (χ3v) is 7.77. The van der Waals surface area contributed by atoms with Crippen LogP contribution in [-0.2, 0) is 0 Å². The number of carboxylic acid groups (broad SMARTS) is 1. The third-order valence-electron chi connectivity index (χ3n) is 7.77. The molecule has 1 saturated heterocycles. The van der Waals surface area contributed by atoms with E-state index in [-0.39, 0.29) is 29.7 Å². The molecule has 2 amide bonds. The van der Waals surface area contributed by atoms with E-state index in [9.17, 15) is 23.5 Å². The number of hydrogen-bond donors (Lipinski definition) is 4. The Morgan fingerprint density at radius 3 is 2.67 bits per heavy atom. The second-order valence-corrected chi connectivity index (χ2v) is 10.3. The fourth-order valence-corrected chi connectivity index (χ4v) is 5.85. The van der Waals surface area contributed by atoms with Crippen LogP contribution in [0, 0.1) is 11.6 Å². The van der Waals surface area contributed by atoms with Crippen molar-refractivity contribution < 1.29 is 23.5 Å². The maximum atomic E-state index is 14.1. The van der Waals surface area contributed by atoms with E-state index in [2.05, 4.69) is 20.9 Å². The first-order chi connectivity index (χ1) is 19.4. The molecule has 1 saturated carbocycles. The van der Waals surface area contributed by atoms with Crippen molar-refractivity contribution in [2.45, 2.75) is 50.2 Å². The average Bonchev–Trinajstić information content (AvgIpc) is 3.39. The second-order valence-electron chi connectivity index (χ2n) is 10.3. The van der Waals surface area contributed by atoms with Gasteiger partial charge < -0.3 is 30.5 Å². The Kier molecular flexibility index (Phi) is 8.59. The molecule has 9 nitrogen and oxygen atoms in total. The van der Waals surface area contributed by atoms with Gasteiger partial charge in [-0.1, -0.05) is 43.2 Å². The largest absolute Gasteiger partial charge is 0.465 e. The zero-order valence-electron chi connectivity index (χ0n) is 22.2. The number of hydrogen-bond acceptors (Lipinski definition) is 5. The van der Waals surface area contributed by atoms with E-state index in [1.165, 1.54) is 12.1 Å². The Labute approximate surface area is 231 Å². The van der Waals surface area contributed by atoms with E-state index in [4.69, 9.17) is 0 Å². The number of piperazine rings is 1. The zero-order valence-corrected chi connectivity index (χ0v) is 22.2. The van der Waals surface area contributed by atoms with Crippen molar-refractivity contribution in [1.82, 2.24) is 25.1 Å². The summed E-state index contributed by atoms with van der Waals surface area (Å²) < 4.78 is 29.3. The molecule has 11 heteroatoms. The number of benzene rings is 2. The summed E-state index contributed by atoms with van der Waals surface area (Å²) in [5, 5.41) is 18.4. The van der Waals surface area contributed by atoms with Crippen molar-refractivity contribution >= 4 is 17.7 Å². The van der Waals surface area contributed by atoms with Gasteiger partial charge >= 0.3 is 6.09 Å². The van der Waals surface area contributed by atoms with Gasteiger partial charge in [-0.15, -0.1) is 0 Å². The monoisotopic (exact) mass is 552 g/mol. The summed E-state index contributed by atoms with van der Waals surface area (Å²) in [6.07, 6.45) is 4.53. The molecule has 0 unspecified atom stereocenters. The van der Waals surface area contributed by atoms with Gasteiger partial charge in [0.15, 0.2) is 5.69 Å². The van der Waals surface area contributed by atoms with Gasteiger partial charge in [0.05, 0.1) is 29.8 Å². The topological polar surface area (TPSA) is 112 Å². The summed E-state index contributed by atoms with van der Waals surface area (Å²) in [7, 11) is 0. The molecule has 0 spiro atoms.